The molecule has 0 aliphatic rings. The highest BCUT2D eigenvalue weighted by atomic mass is 35.5. The Morgan fingerprint density at radius 3 is 2.55 bits per heavy atom. The number of nitro groups is 1. The van der Waals surface area contributed by atoms with Crippen molar-refractivity contribution in [3.63, 3.8) is 0 Å². The van der Waals surface area contributed by atoms with E-state index in [2.05, 4.69) is 5.32 Å². The van der Waals surface area contributed by atoms with E-state index in [1.54, 1.807) is 0 Å². The zero-order chi connectivity index (χ0) is 23.1. The number of benzene rings is 2. The van der Waals surface area contributed by atoms with Crippen LogP contribution in [0.5, 0.6) is 0 Å². The second kappa shape index (κ2) is 10.7. The van der Waals surface area contributed by atoms with E-state index in [0.29, 0.717) is 0 Å². The summed E-state index contributed by atoms with van der Waals surface area (Å²) in [5.41, 5.74) is -0.419. The van der Waals surface area contributed by atoms with E-state index >= 15 is 0 Å². The average Bonchev–Trinajstić information content (AvgIpc) is 2.72. The lowest BCUT2D eigenvalue weighted by Gasteiger charge is -2.18. The van der Waals surface area contributed by atoms with Crippen molar-refractivity contribution in [3.8, 4) is 0 Å². The molecule has 9 nitrogen and oxygen atoms in total. The molecular weight excluding hydrogens is 456 g/mol. The minimum atomic E-state index is -0.914. The molecule has 0 fully saturated rings. The predicted octanol–water partition coefficient (Wildman–Crippen LogP) is 2.97. The highest BCUT2D eigenvalue weighted by molar-refractivity contribution is 6.32. The van der Waals surface area contributed by atoms with Gasteiger partial charge in [0.05, 0.1) is 4.92 Å². The number of ether oxygens (including phenoxy) is 1. The van der Waals surface area contributed by atoms with E-state index in [1.807, 2.05) is 0 Å². The van der Waals surface area contributed by atoms with Gasteiger partial charge in [-0.3, -0.25) is 24.5 Å². The second-order valence-corrected chi connectivity index (χ2v) is 7.03. The van der Waals surface area contributed by atoms with Crippen molar-refractivity contribution in [3.05, 3.63) is 73.5 Å². The Kier molecular flexibility index (Phi) is 8.29. The summed E-state index contributed by atoms with van der Waals surface area (Å²) in [6.07, 6.45) is 0. The minimum Gasteiger partial charge on any atom is -0.454 e. The molecule has 0 saturated heterocycles. The fourth-order valence-electron chi connectivity index (χ4n) is 2.36. The molecule has 0 saturated carbocycles. The molecule has 0 bridgehead atoms. The molecule has 0 heterocycles. The number of halogens is 3. The van der Waals surface area contributed by atoms with Crippen LogP contribution in [-0.2, 0) is 20.9 Å². The molecule has 2 rings (SSSR count). The van der Waals surface area contributed by atoms with Gasteiger partial charge in [-0.05, 0) is 24.3 Å². The number of carbonyl (C=O) groups excluding carboxylic acids is 3. The van der Waals surface area contributed by atoms with E-state index < -0.39 is 47.4 Å². The Hall–Kier alpha value is -3.24. The first-order valence-corrected chi connectivity index (χ1v) is 9.40. The van der Waals surface area contributed by atoms with Gasteiger partial charge in [-0.15, -0.1) is 0 Å². The Morgan fingerprint density at radius 2 is 1.90 bits per heavy atom. The van der Waals surface area contributed by atoms with Crippen molar-refractivity contribution in [2.45, 2.75) is 6.54 Å². The number of hydrogen-bond donors (Lipinski definition) is 1. The molecule has 0 aliphatic carbocycles. The maximum atomic E-state index is 13.8. The van der Waals surface area contributed by atoms with Gasteiger partial charge in [0.25, 0.3) is 17.5 Å². The number of nitrogens with one attached hydrogen (secondary N) is 1. The quantitative estimate of drug-likeness (QED) is 0.359. The lowest BCUT2D eigenvalue weighted by atomic mass is 10.2. The molecule has 31 heavy (non-hydrogen) atoms. The molecule has 12 heteroatoms. The summed E-state index contributed by atoms with van der Waals surface area (Å²) >= 11 is 11.6. The minimum absolute atomic E-state index is 0.0820. The molecule has 2 amide bonds. The van der Waals surface area contributed by atoms with E-state index in [1.165, 1.54) is 37.4 Å². The van der Waals surface area contributed by atoms with Gasteiger partial charge in [0.2, 0.25) is 0 Å². The highest BCUT2D eigenvalue weighted by Gasteiger charge is 2.18. The SMILES string of the molecule is CN(Cc1c(F)cccc1Cl)C(=O)COC(=O)CNC(=O)c1ccc(Cl)c([N+](=O)[O-])c1. The zero-order valence-electron chi connectivity index (χ0n) is 16.1. The molecule has 2 aromatic rings. The molecule has 0 radical (unpaired) electrons. The number of likely N-dealkylation sites (N-methyl/N-ethyl adjacent to an activating group) is 1. The van der Waals surface area contributed by atoms with Gasteiger partial charge in [-0.25, -0.2) is 4.39 Å². The molecule has 164 valence electrons. The van der Waals surface area contributed by atoms with Crippen molar-refractivity contribution in [2.24, 2.45) is 0 Å². The van der Waals surface area contributed by atoms with E-state index in [0.717, 1.165) is 11.0 Å². The van der Waals surface area contributed by atoms with E-state index in [4.69, 9.17) is 27.9 Å². The van der Waals surface area contributed by atoms with Crippen LogP contribution in [0.1, 0.15) is 15.9 Å². The number of carbonyl (C=O) groups is 3. The third-order valence-electron chi connectivity index (χ3n) is 4.04. The molecule has 0 atom stereocenters. The number of hydrogen-bond acceptors (Lipinski definition) is 6. The van der Waals surface area contributed by atoms with Gasteiger partial charge in [0.1, 0.15) is 17.4 Å². The summed E-state index contributed by atoms with van der Waals surface area (Å²) in [5, 5.41) is 13.1. The van der Waals surface area contributed by atoms with E-state index in [-0.39, 0.29) is 27.7 Å². The molecule has 0 spiro atoms. The molecule has 2 aromatic carbocycles. The van der Waals surface area contributed by atoms with Gasteiger partial charge in [0, 0.05) is 35.8 Å². The second-order valence-electron chi connectivity index (χ2n) is 6.22. The maximum Gasteiger partial charge on any atom is 0.325 e. The number of esters is 1. The molecule has 0 unspecified atom stereocenters. The van der Waals surface area contributed by atoms with E-state index in [9.17, 15) is 28.9 Å². The monoisotopic (exact) mass is 471 g/mol. The zero-order valence-corrected chi connectivity index (χ0v) is 17.6. The summed E-state index contributed by atoms with van der Waals surface area (Å²) in [6.45, 7) is -1.34. The number of amides is 2. The van der Waals surface area contributed by atoms with Crippen LogP contribution >= 0.6 is 23.2 Å². The summed E-state index contributed by atoms with van der Waals surface area (Å²) in [5.74, 6) is -2.88. The van der Waals surface area contributed by atoms with Gasteiger partial charge < -0.3 is 15.0 Å². The first-order valence-electron chi connectivity index (χ1n) is 8.64. The third kappa shape index (κ3) is 6.63. The van der Waals surface area contributed by atoms with Crippen LogP contribution in [0.4, 0.5) is 10.1 Å². The Balaban J connectivity index is 1.83. The smallest absolute Gasteiger partial charge is 0.325 e. The standard InChI is InChI=1S/C19H16Cl2FN3O6/c1-24(9-12-13(20)3-2-4-15(12)22)17(26)10-31-18(27)8-23-19(28)11-5-6-14(21)16(7-11)25(29)30/h2-7H,8-10H2,1H3,(H,23,28). The summed E-state index contributed by atoms with van der Waals surface area (Å²) in [4.78, 5) is 47.2. The van der Waals surface area contributed by atoms with Crippen LogP contribution in [0.15, 0.2) is 36.4 Å². The fourth-order valence-corrected chi connectivity index (χ4v) is 2.77. The van der Waals surface area contributed by atoms with Crippen molar-refractivity contribution in [2.75, 3.05) is 20.2 Å². The third-order valence-corrected chi connectivity index (χ3v) is 4.71. The van der Waals surface area contributed by atoms with Crippen molar-refractivity contribution in [1.82, 2.24) is 10.2 Å². The van der Waals surface area contributed by atoms with Crippen LogP contribution in [0.3, 0.4) is 0 Å². The fraction of sp³-hybridized carbons (Fsp3) is 0.211. The molecular formula is C19H16Cl2FN3O6. The maximum absolute atomic E-state index is 13.8. The first-order chi connectivity index (χ1) is 14.6. The number of nitrogens with zero attached hydrogens (tertiary/aromatic N) is 2. The van der Waals surface area contributed by atoms with Crippen LogP contribution < -0.4 is 5.32 Å². The van der Waals surface area contributed by atoms with Gasteiger partial charge >= 0.3 is 5.97 Å². The summed E-state index contributed by atoms with van der Waals surface area (Å²) in [7, 11) is 1.38. The van der Waals surface area contributed by atoms with Crippen LogP contribution in [-0.4, -0.2) is 47.8 Å². The summed E-state index contributed by atoms with van der Waals surface area (Å²) < 4.78 is 18.6. The number of nitro benzene ring substituents is 1. The topological polar surface area (TPSA) is 119 Å². The van der Waals surface area contributed by atoms with Crippen LogP contribution in [0.25, 0.3) is 0 Å². The van der Waals surface area contributed by atoms with Crippen LogP contribution in [0.2, 0.25) is 10.0 Å². The predicted molar refractivity (Wildman–Crippen MR) is 109 cm³/mol. The largest absolute Gasteiger partial charge is 0.454 e. The molecule has 1 N–H and O–H groups in total. The van der Waals surface area contributed by atoms with Gasteiger partial charge in [-0.1, -0.05) is 29.3 Å². The Labute approximate surface area is 185 Å². The Bertz CT molecular complexity index is 1010. The normalized spacial score (nSPS) is 10.3. The molecule has 0 aliphatic heterocycles. The number of rotatable bonds is 8. The van der Waals surface area contributed by atoms with Crippen molar-refractivity contribution >= 4 is 46.7 Å². The average molecular weight is 472 g/mol. The Morgan fingerprint density at radius 1 is 1.19 bits per heavy atom. The highest BCUT2D eigenvalue weighted by Crippen LogP contribution is 2.25. The van der Waals surface area contributed by atoms with Crippen LogP contribution in [0, 0.1) is 15.9 Å². The summed E-state index contributed by atoms with van der Waals surface area (Å²) in [6, 6.07) is 7.52. The lowest BCUT2D eigenvalue weighted by Crippen LogP contribution is -2.34. The molecule has 0 aromatic heterocycles. The van der Waals surface area contributed by atoms with Gasteiger partial charge in [-0.2, -0.15) is 0 Å². The van der Waals surface area contributed by atoms with Crippen molar-refractivity contribution < 1.29 is 28.4 Å². The first kappa shape index (κ1) is 24.0. The van der Waals surface area contributed by atoms with Crippen molar-refractivity contribution in [1.29, 1.82) is 0 Å². The van der Waals surface area contributed by atoms with Gasteiger partial charge in [0.15, 0.2) is 6.61 Å². The lowest BCUT2D eigenvalue weighted by molar-refractivity contribution is -0.384.